The van der Waals surface area contributed by atoms with E-state index < -0.39 is 0 Å². The minimum atomic E-state index is -0.382. The van der Waals surface area contributed by atoms with Crippen molar-refractivity contribution in [2.45, 2.75) is 19.8 Å². The molecule has 0 unspecified atom stereocenters. The molecule has 0 saturated carbocycles. The van der Waals surface area contributed by atoms with Crippen LogP contribution >= 0.6 is 0 Å². The van der Waals surface area contributed by atoms with Crippen LogP contribution in [-0.4, -0.2) is 42.2 Å². The number of methoxy groups -OCH3 is 1. The van der Waals surface area contributed by atoms with Crippen LogP contribution in [0, 0.1) is 0 Å². The van der Waals surface area contributed by atoms with Gasteiger partial charge in [-0.25, -0.2) is 4.79 Å². The van der Waals surface area contributed by atoms with Crippen LogP contribution in [0.15, 0.2) is 24.4 Å². The van der Waals surface area contributed by atoms with Gasteiger partial charge in [-0.2, -0.15) is 0 Å². The van der Waals surface area contributed by atoms with E-state index in [1.54, 1.807) is 13.1 Å². The van der Waals surface area contributed by atoms with Crippen molar-refractivity contribution in [2.24, 2.45) is 7.05 Å². The molecule has 0 fully saturated rings. The molecule has 2 aromatic rings. The summed E-state index contributed by atoms with van der Waals surface area (Å²) in [6.07, 6.45) is 2.55. The minimum Gasteiger partial charge on any atom is -0.469 e. The first-order valence-electron chi connectivity index (χ1n) is 7.54. The average Bonchev–Trinajstić information content (AvgIpc) is 2.87. The first-order valence-corrected chi connectivity index (χ1v) is 7.54. The fourth-order valence-electron chi connectivity index (χ4n) is 2.36. The quantitative estimate of drug-likeness (QED) is 0.795. The summed E-state index contributed by atoms with van der Waals surface area (Å²) in [5, 5.41) is 1.04. The standard InChI is InChI=1S/C17H22N2O4/c1-5-18(2)17(21)23-13-7-8-14-12(6-9-16(20)22-4)11-19(3)15(14)10-13/h7-8,10-11H,5-6,9H2,1-4H3. The average molecular weight is 318 g/mol. The maximum Gasteiger partial charge on any atom is 0.414 e. The van der Waals surface area contributed by atoms with Crippen molar-refractivity contribution in [3.63, 3.8) is 0 Å². The Hall–Kier alpha value is -2.50. The van der Waals surface area contributed by atoms with Crippen molar-refractivity contribution in [1.82, 2.24) is 9.47 Å². The van der Waals surface area contributed by atoms with Gasteiger partial charge >= 0.3 is 12.1 Å². The zero-order valence-electron chi connectivity index (χ0n) is 14.0. The van der Waals surface area contributed by atoms with Gasteiger partial charge in [-0.05, 0) is 31.0 Å². The van der Waals surface area contributed by atoms with E-state index in [1.165, 1.54) is 12.0 Å². The molecule has 0 spiro atoms. The number of benzene rings is 1. The molecular weight excluding hydrogens is 296 g/mol. The van der Waals surface area contributed by atoms with Crippen molar-refractivity contribution < 1.29 is 19.1 Å². The normalized spacial score (nSPS) is 10.6. The van der Waals surface area contributed by atoms with Crippen molar-refractivity contribution >= 4 is 23.0 Å². The van der Waals surface area contributed by atoms with E-state index in [0.29, 0.717) is 25.1 Å². The van der Waals surface area contributed by atoms with Crippen LogP contribution in [0.5, 0.6) is 5.75 Å². The molecule has 124 valence electrons. The molecule has 0 radical (unpaired) electrons. The predicted molar refractivity (Wildman–Crippen MR) is 87.6 cm³/mol. The lowest BCUT2D eigenvalue weighted by molar-refractivity contribution is -0.140. The van der Waals surface area contributed by atoms with E-state index in [4.69, 9.17) is 4.74 Å². The third-order valence-electron chi connectivity index (χ3n) is 3.86. The van der Waals surface area contributed by atoms with E-state index in [1.807, 2.05) is 36.9 Å². The van der Waals surface area contributed by atoms with Crippen LogP contribution in [-0.2, 0) is 23.0 Å². The molecule has 1 amide bonds. The van der Waals surface area contributed by atoms with Crippen molar-refractivity contribution in [3.8, 4) is 5.75 Å². The maximum atomic E-state index is 11.8. The first kappa shape index (κ1) is 16.9. The zero-order chi connectivity index (χ0) is 17.0. The molecule has 1 heterocycles. The summed E-state index contributed by atoms with van der Waals surface area (Å²) in [7, 11) is 5.00. The molecule has 1 aromatic carbocycles. The predicted octanol–water partition coefficient (Wildman–Crippen LogP) is 2.73. The van der Waals surface area contributed by atoms with Crippen LogP contribution in [0.2, 0.25) is 0 Å². The molecule has 1 aromatic heterocycles. The number of hydrogen-bond donors (Lipinski definition) is 0. The van der Waals surface area contributed by atoms with E-state index in [2.05, 4.69) is 4.74 Å². The van der Waals surface area contributed by atoms with Crippen LogP contribution in [0.4, 0.5) is 4.79 Å². The van der Waals surface area contributed by atoms with Crippen LogP contribution in [0.1, 0.15) is 18.9 Å². The molecule has 0 bridgehead atoms. The number of aryl methyl sites for hydroxylation is 2. The van der Waals surface area contributed by atoms with Gasteiger partial charge in [-0.3, -0.25) is 4.79 Å². The highest BCUT2D eigenvalue weighted by Gasteiger charge is 2.13. The second kappa shape index (κ2) is 7.17. The Morgan fingerprint density at radius 3 is 2.70 bits per heavy atom. The molecule has 23 heavy (non-hydrogen) atoms. The fraction of sp³-hybridized carbons (Fsp3) is 0.412. The molecule has 0 saturated heterocycles. The third-order valence-corrected chi connectivity index (χ3v) is 3.86. The monoisotopic (exact) mass is 318 g/mol. The maximum absolute atomic E-state index is 11.8. The molecule has 0 atom stereocenters. The number of nitrogens with zero attached hydrogens (tertiary/aromatic N) is 2. The van der Waals surface area contributed by atoms with E-state index >= 15 is 0 Å². The van der Waals surface area contributed by atoms with Gasteiger partial charge in [0.05, 0.1) is 12.6 Å². The number of carbonyl (C=O) groups excluding carboxylic acids is 2. The summed E-state index contributed by atoms with van der Waals surface area (Å²) in [6.45, 7) is 2.47. The molecule has 0 aliphatic heterocycles. The first-order chi connectivity index (χ1) is 11.0. The van der Waals surface area contributed by atoms with Gasteiger partial charge in [0.2, 0.25) is 0 Å². The van der Waals surface area contributed by atoms with Gasteiger partial charge in [-0.15, -0.1) is 0 Å². The smallest absolute Gasteiger partial charge is 0.414 e. The Kier molecular flexibility index (Phi) is 5.26. The topological polar surface area (TPSA) is 60.8 Å². The Balaban J connectivity index is 2.22. The van der Waals surface area contributed by atoms with Gasteiger partial charge in [-0.1, -0.05) is 0 Å². The number of fused-ring (bicyclic) bond motifs is 1. The highest BCUT2D eigenvalue weighted by Crippen LogP contribution is 2.26. The number of carbonyl (C=O) groups is 2. The van der Waals surface area contributed by atoms with E-state index in [0.717, 1.165) is 16.5 Å². The Bertz CT molecular complexity index is 721. The fourth-order valence-corrected chi connectivity index (χ4v) is 2.36. The Labute approximate surface area is 135 Å². The van der Waals surface area contributed by atoms with E-state index in [9.17, 15) is 9.59 Å². The van der Waals surface area contributed by atoms with E-state index in [-0.39, 0.29) is 12.1 Å². The van der Waals surface area contributed by atoms with Crippen LogP contribution in [0.3, 0.4) is 0 Å². The summed E-state index contributed by atoms with van der Waals surface area (Å²) in [5.41, 5.74) is 2.02. The highest BCUT2D eigenvalue weighted by molar-refractivity contribution is 5.86. The van der Waals surface area contributed by atoms with Crippen molar-refractivity contribution in [2.75, 3.05) is 20.7 Å². The molecule has 0 aliphatic rings. The molecule has 0 aliphatic carbocycles. The number of hydrogen-bond acceptors (Lipinski definition) is 4. The number of amides is 1. The lowest BCUT2D eigenvalue weighted by Gasteiger charge is -2.14. The molecule has 2 rings (SSSR count). The summed E-state index contributed by atoms with van der Waals surface area (Å²) in [4.78, 5) is 24.6. The minimum absolute atomic E-state index is 0.227. The van der Waals surface area contributed by atoms with Crippen molar-refractivity contribution in [3.05, 3.63) is 30.0 Å². The summed E-state index contributed by atoms with van der Waals surface area (Å²) < 4.78 is 12.0. The third kappa shape index (κ3) is 3.83. The van der Waals surface area contributed by atoms with Crippen LogP contribution < -0.4 is 4.74 Å². The lowest BCUT2D eigenvalue weighted by Crippen LogP contribution is -2.29. The van der Waals surface area contributed by atoms with Gasteiger partial charge in [0.1, 0.15) is 5.75 Å². The summed E-state index contributed by atoms with van der Waals surface area (Å²) >= 11 is 0. The zero-order valence-corrected chi connectivity index (χ0v) is 14.0. The second-order valence-electron chi connectivity index (χ2n) is 5.40. The van der Waals surface area contributed by atoms with Crippen molar-refractivity contribution in [1.29, 1.82) is 0 Å². The molecular formula is C17H22N2O4. The number of rotatable bonds is 5. The van der Waals surface area contributed by atoms with Gasteiger partial charge in [0.15, 0.2) is 0 Å². The van der Waals surface area contributed by atoms with Gasteiger partial charge < -0.3 is 18.9 Å². The van der Waals surface area contributed by atoms with Crippen LogP contribution in [0.25, 0.3) is 10.9 Å². The molecule has 0 N–H and O–H groups in total. The van der Waals surface area contributed by atoms with Gasteiger partial charge in [0, 0.05) is 44.7 Å². The second-order valence-corrected chi connectivity index (χ2v) is 5.40. The summed E-state index contributed by atoms with van der Waals surface area (Å²) in [5.74, 6) is 0.277. The number of ether oxygens (including phenoxy) is 2. The Morgan fingerprint density at radius 2 is 2.04 bits per heavy atom. The largest absolute Gasteiger partial charge is 0.469 e. The number of aromatic nitrogens is 1. The number of esters is 1. The van der Waals surface area contributed by atoms with Gasteiger partial charge in [0.25, 0.3) is 0 Å². The molecule has 6 nitrogen and oxygen atoms in total. The molecule has 6 heteroatoms. The SMILES string of the molecule is CCN(C)C(=O)Oc1ccc2c(CCC(=O)OC)cn(C)c2c1. The summed E-state index contributed by atoms with van der Waals surface area (Å²) in [6, 6.07) is 5.51. The highest BCUT2D eigenvalue weighted by atomic mass is 16.6. The lowest BCUT2D eigenvalue weighted by atomic mass is 10.1. The Morgan fingerprint density at radius 1 is 1.30 bits per heavy atom.